The molecule has 1 aliphatic heterocycles. The van der Waals surface area contributed by atoms with Crippen LogP contribution in [-0.4, -0.2) is 37.7 Å². The number of para-hydroxylation sites is 1. The first-order valence-corrected chi connectivity index (χ1v) is 10.5. The Labute approximate surface area is 194 Å². The van der Waals surface area contributed by atoms with Gasteiger partial charge in [0.15, 0.2) is 5.96 Å². The first-order valence-electron chi connectivity index (χ1n) is 10.5. The van der Waals surface area contributed by atoms with Crippen LogP contribution in [0.25, 0.3) is 0 Å². The van der Waals surface area contributed by atoms with Crippen LogP contribution in [0, 0.1) is 11.6 Å². The Morgan fingerprint density at radius 1 is 1.00 bits per heavy atom. The zero-order valence-corrected chi connectivity index (χ0v) is 19.5. The van der Waals surface area contributed by atoms with Crippen molar-refractivity contribution in [2.75, 3.05) is 24.5 Å². The second-order valence-corrected chi connectivity index (χ2v) is 7.79. The van der Waals surface area contributed by atoms with Gasteiger partial charge in [-0.2, -0.15) is 0 Å². The minimum Gasteiger partial charge on any atom is -0.371 e. The van der Waals surface area contributed by atoms with Gasteiger partial charge in [-0.1, -0.05) is 24.3 Å². The Hall–Kier alpha value is -1.90. The van der Waals surface area contributed by atoms with Crippen LogP contribution in [0.5, 0.6) is 0 Å². The number of halogens is 3. The molecule has 0 spiro atoms. The van der Waals surface area contributed by atoms with Crippen LogP contribution < -0.4 is 15.5 Å². The summed E-state index contributed by atoms with van der Waals surface area (Å²) in [6.07, 6.45) is 2.76. The summed E-state index contributed by atoms with van der Waals surface area (Å²) in [5.41, 5.74) is 1.45. The maximum absolute atomic E-state index is 14.0. The molecule has 2 aliphatic rings. The van der Waals surface area contributed by atoms with Gasteiger partial charge < -0.3 is 15.5 Å². The summed E-state index contributed by atoms with van der Waals surface area (Å²) < 4.78 is 28.1. The number of anilines is 1. The number of hydrogen-bond acceptors (Lipinski definition) is 2. The summed E-state index contributed by atoms with van der Waals surface area (Å²) in [5.74, 6) is -0.320. The second kappa shape index (κ2) is 10.4. The molecular formula is C23H29F2IN4. The lowest BCUT2D eigenvalue weighted by Crippen LogP contribution is -2.49. The fourth-order valence-electron chi connectivity index (χ4n) is 4.12. The smallest absolute Gasteiger partial charge is 0.191 e. The van der Waals surface area contributed by atoms with Crippen LogP contribution in [0.4, 0.5) is 14.5 Å². The Bertz CT molecular complexity index is 833. The van der Waals surface area contributed by atoms with Crippen LogP contribution in [0.2, 0.25) is 0 Å². The molecule has 2 fully saturated rings. The number of rotatable bonds is 5. The SMILES string of the molecule is CCN=C(NC1CCN(c2ccccc2)CC1)NC1CC1c1c(F)cccc1F.I. The number of aliphatic imine (C=N–C) groups is 1. The van der Waals surface area contributed by atoms with Crippen LogP contribution in [0.15, 0.2) is 53.5 Å². The van der Waals surface area contributed by atoms with Crippen LogP contribution >= 0.6 is 24.0 Å². The maximum atomic E-state index is 14.0. The van der Waals surface area contributed by atoms with Crippen molar-refractivity contribution in [1.82, 2.24) is 10.6 Å². The van der Waals surface area contributed by atoms with Crippen LogP contribution in [0.3, 0.4) is 0 Å². The standard InChI is InChI=1S/C23H28F2N4.HI/c1-2-26-23(28-21-15-18(21)22-19(24)9-6-10-20(22)25)27-16-11-13-29(14-12-16)17-7-4-3-5-8-17;/h3-10,16,18,21H,2,11-15H2,1H3,(H2,26,27,28);1H. The molecule has 1 saturated carbocycles. The van der Waals surface area contributed by atoms with Gasteiger partial charge in [-0.15, -0.1) is 24.0 Å². The molecule has 4 nitrogen and oxygen atoms in total. The molecule has 7 heteroatoms. The van der Waals surface area contributed by atoms with Gasteiger partial charge in [-0.05, 0) is 50.5 Å². The van der Waals surface area contributed by atoms with Gasteiger partial charge in [0.2, 0.25) is 0 Å². The highest BCUT2D eigenvalue weighted by atomic mass is 127. The first-order chi connectivity index (χ1) is 14.2. The zero-order valence-electron chi connectivity index (χ0n) is 17.2. The average molecular weight is 526 g/mol. The predicted octanol–water partition coefficient (Wildman–Crippen LogP) is 4.66. The summed E-state index contributed by atoms with van der Waals surface area (Å²) in [6, 6.07) is 14.9. The molecule has 0 aromatic heterocycles. The van der Waals surface area contributed by atoms with Crippen molar-refractivity contribution in [2.24, 2.45) is 4.99 Å². The number of hydrogen-bond donors (Lipinski definition) is 2. The zero-order chi connectivity index (χ0) is 20.2. The third-order valence-electron chi connectivity index (χ3n) is 5.76. The molecule has 2 atom stereocenters. The number of nitrogens with one attached hydrogen (secondary N) is 2. The van der Waals surface area contributed by atoms with Crippen molar-refractivity contribution in [3.05, 3.63) is 65.7 Å². The van der Waals surface area contributed by atoms with E-state index in [-0.39, 0.29) is 41.5 Å². The molecular weight excluding hydrogens is 497 g/mol. The molecule has 2 unspecified atom stereocenters. The van der Waals surface area contributed by atoms with E-state index >= 15 is 0 Å². The summed E-state index contributed by atoms with van der Waals surface area (Å²) in [5, 5.41) is 6.90. The topological polar surface area (TPSA) is 39.7 Å². The normalized spacial score (nSPS) is 21.7. The molecule has 2 N–H and O–H groups in total. The molecule has 1 aliphatic carbocycles. The monoisotopic (exact) mass is 526 g/mol. The number of nitrogens with zero attached hydrogens (tertiary/aromatic N) is 2. The highest BCUT2D eigenvalue weighted by molar-refractivity contribution is 14.0. The summed E-state index contributed by atoms with van der Waals surface area (Å²) in [4.78, 5) is 6.94. The molecule has 0 bridgehead atoms. The van der Waals surface area contributed by atoms with Crippen molar-refractivity contribution < 1.29 is 8.78 Å². The van der Waals surface area contributed by atoms with Crippen molar-refractivity contribution in [3.63, 3.8) is 0 Å². The summed E-state index contributed by atoms with van der Waals surface area (Å²) in [6.45, 7) is 4.63. The van der Waals surface area contributed by atoms with Crippen molar-refractivity contribution >= 4 is 35.6 Å². The Morgan fingerprint density at radius 3 is 2.30 bits per heavy atom. The highest BCUT2D eigenvalue weighted by Crippen LogP contribution is 2.43. The van der Waals surface area contributed by atoms with E-state index in [9.17, 15) is 8.78 Å². The lowest BCUT2D eigenvalue weighted by Gasteiger charge is -2.34. The first kappa shape index (κ1) is 22.8. The molecule has 162 valence electrons. The molecule has 0 radical (unpaired) electrons. The van der Waals surface area contributed by atoms with E-state index < -0.39 is 11.6 Å². The van der Waals surface area contributed by atoms with Crippen molar-refractivity contribution in [2.45, 2.75) is 44.2 Å². The van der Waals surface area contributed by atoms with Gasteiger partial charge in [-0.25, -0.2) is 8.78 Å². The molecule has 1 saturated heterocycles. The molecule has 2 aromatic rings. The maximum Gasteiger partial charge on any atom is 0.191 e. The lowest BCUT2D eigenvalue weighted by molar-refractivity contribution is 0.460. The summed E-state index contributed by atoms with van der Waals surface area (Å²) in [7, 11) is 0. The second-order valence-electron chi connectivity index (χ2n) is 7.79. The van der Waals surface area contributed by atoms with Crippen molar-refractivity contribution in [1.29, 1.82) is 0 Å². The fraction of sp³-hybridized carbons (Fsp3) is 0.435. The quantitative estimate of drug-likeness (QED) is 0.338. The molecule has 4 rings (SSSR count). The van der Waals surface area contributed by atoms with Crippen LogP contribution in [0.1, 0.15) is 37.7 Å². The molecule has 1 heterocycles. The average Bonchev–Trinajstić information content (AvgIpc) is 3.48. The van der Waals surface area contributed by atoms with Gasteiger partial charge in [-0.3, -0.25) is 4.99 Å². The molecule has 30 heavy (non-hydrogen) atoms. The minimum absolute atomic E-state index is 0. The Kier molecular flexibility index (Phi) is 7.91. The van der Waals surface area contributed by atoms with Gasteiger partial charge in [0.25, 0.3) is 0 Å². The third kappa shape index (κ3) is 5.42. The van der Waals surface area contributed by atoms with Gasteiger partial charge in [0.05, 0.1) is 0 Å². The lowest BCUT2D eigenvalue weighted by atomic mass is 10.0. The van der Waals surface area contributed by atoms with Crippen LogP contribution in [-0.2, 0) is 0 Å². The van der Waals surface area contributed by atoms with Gasteiger partial charge in [0.1, 0.15) is 11.6 Å². The molecule has 2 aromatic carbocycles. The molecule has 0 amide bonds. The van der Waals surface area contributed by atoms with E-state index in [1.54, 1.807) is 0 Å². The van der Waals surface area contributed by atoms with E-state index in [4.69, 9.17) is 0 Å². The Morgan fingerprint density at radius 2 is 1.67 bits per heavy atom. The van der Waals surface area contributed by atoms with E-state index in [2.05, 4.69) is 44.8 Å². The number of piperidine rings is 1. The van der Waals surface area contributed by atoms with Gasteiger partial charge >= 0.3 is 0 Å². The van der Waals surface area contributed by atoms with Gasteiger partial charge in [0, 0.05) is 48.9 Å². The predicted molar refractivity (Wildman–Crippen MR) is 129 cm³/mol. The largest absolute Gasteiger partial charge is 0.371 e. The van der Waals surface area contributed by atoms with E-state index in [1.165, 1.54) is 23.9 Å². The van der Waals surface area contributed by atoms with E-state index in [0.29, 0.717) is 19.0 Å². The van der Waals surface area contributed by atoms with E-state index in [1.807, 2.05) is 13.0 Å². The van der Waals surface area contributed by atoms with E-state index in [0.717, 1.165) is 31.9 Å². The third-order valence-corrected chi connectivity index (χ3v) is 5.76. The highest BCUT2D eigenvalue weighted by Gasteiger charge is 2.42. The fourth-order valence-corrected chi connectivity index (χ4v) is 4.12. The number of guanidine groups is 1. The van der Waals surface area contributed by atoms with Crippen molar-refractivity contribution in [3.8, 4) is 0 Å². The minimum atomic E-state index is -0.463. The summed E-state index contributed by atoms with van der Waals surface area (Å²) >= 11 is 0. The Balaban J connectivity index is 0.00000256. The number of benzene rings is 2.